The van der Waals surface area contributed by atoms with Crippen LogP contribution in [-0.4, -0.2) is 46.7 Å². The van der Waals surface area contributed by atoms with Crippen molar-refractivity contribution in [3.8, 4) is 11.5 Å². The molecule has 9 nitrogen and oxygen atoms in total. The number of hydrogen-bond acceptors (Lipinski definition) is 7. The molecule has 2 N–H and O–H groups in total. The number of aromatic hydroxyl groups is 1. The Kier molecular flexibility index (Phi) is 5.83. The number of carbonyl (C=O) groups is 5. The Balaban J connectivity index is 1.48. The van der Waals surface area contributed by atoms with E-state index in [0.29, 0.717) is 28.0 Å². The molecule has 1 heterocycles. The molecule has 1 aliphatic heterocycles. The molecule has 4 aliphatic rings. The Hall–Kier alpha value is -4.79. The van der Waals surface area contributed by atoms with Crippen LogP contribution in [0.25, 0.3) is 0 Å². The lowest BCUT2D eigenvalue weighted by molar-refractivity contribution is -0.123. The van der Waals surface area contributed by atoms with Crippen LogP contribution >= 0.6 is 0 Å². The molecule has 1 saturated heterocycles. The van der Waals surface area contributed by atoms with E-state index in [1.807, 2.05) is 6.08 Å². The summed E-state index contributed by atoms with van der Waals surface area (Å²) in [5.41, 5.74) is 2.09. The molecule has 0 spiro atoms. The molecule has 0 aromatic heterocycles. The number of benzene rings is 2. The molecule has 2 aromatic carbocycles. The van der Waals surface area contributed by atoms with Crippen LogP contribution in [0.2, 0.25) is 0 Å². The lowest BCUT2D eigenvalue weighted by Gasteiger charge is -2.42. The van der Waals surface area contributed by atoms with Crippen molar-refractivity contribution >= 4 is 35.0 Å². The predicted molar refractivity (Wildman–Crippen MR) is 142 cm³/mol. The second-order valence-corrected chi connectivity index (χ2v) is 10.5. The minimum Gasteiger partial charge on any atom is -0.507 e. The zero-order valence-corrected chi connectivity index (χ0v) is 21.7. The first-order valence-electron chi connectivity index (χ1n) is 12.9. The maximum Gasteiger partial charge on any atom is 0.335 e. The third-order valence-electron chi connectivity index (χ3n) is 8.46. The van der Waals surface area contributed by atoms with Crippen molar-refractivity contribution in [2.24, 2.45) is 17.8 Å². The minimum absolute atomic E-state index is 0.0529. The van der Waals surface area contributed by atoms with E-state index < -0.39 is 41.5 Å². The number of aromatic carboxylic acids is 1. The zero-order chi connectivity index (χ0) is 28.5. The molecule has 3 aliphatic carbocycles. The Morgan fingerprint density at radius 1 is 1.02 bits per heavy atom. The monoisotopic (exact) mass is 539 g/mol. The highest BCUT2D eigenvalue weighted by molar-refractivity contribution is 6.25. The number of ether oxygens (including phenoxy) is 1. The molecular weight excluding hydrogens is 514 g/mol. The lowest BCUT2D eigenvalue weighted by atomic mass is 9.59. The van der Waals surface area contributed by atoms with Gasteiger partial charge in [0.2, 0.25) is 11.8 Å². The summed E-state index contributed by atoms with van der Waals surface area (Å²) in [5, 5.41) is 20.4. The molecule has 0 unspecified atom stereocenters. The number of rotatable bonds is 4. The first-order valence-corrected chi connectivity index (χ1v) is 12.9. The van der Waals surface area contributed by atoms with E-state index in [1.165, 1.54) is 43.5 Å². The number of carboxylic acid groups (broad SMARTS) is 1. The molecule has 40 heavy (non-hydrogen) atoms. The normalized spacial score (nSPS) is 25.7. The molecule has 202 valence electrons. The molecule has 9 heteroatoms. The van der Waals surface area contributed by atoms with Gasteiger partial charge >= 0.3 is 5.97 Å². The van der Waals surface area contributed by atoms with Crippen LogP contribution in [0.4, 0.5) is 5.69 Å². The van der Waals surface area contributed by atoms with Crippen molar-refractivity contribution in [3.05, 3.63) is 88.0 Å². The second kappa shape index (κ2) is 9.15. The summed E-state index contributed by atoms with van der Waals surface area (Å²) < 4.78 is 5.22. The van der Waals surface area contributed by atoms with E-state index in [0.717, 1.165) is 4.90 Å². The SMILES string of the molecule is COc1ccc([C@H]2C3=CC[C@@H]4C(=O)N(c5cccc(C(=O)O)c5)C(=O)[C@@H]4[C@@H]3CC3=C2C(=O)C=C(C)C3=O)c(O)c1. The van der Waals surface area contributed by atoms with Crippen LogP contribution < -0.4 is 9.64 Å². The molecule has 0 saturated carbocycles. The first kappa shape index (κ1) is 25.5. The number of methoxy groups -OCH3 is 1. The fourth-order valence-electron chi connectivity index (χ4n) is 6.66. The number of Topliss-reactive ketones (excluding diaryl/α,β-unsaturated/α-hetero) is 1. The van der Waals surface area contributed by atoms with Gasteiger partial charge in [-0.05, 0) is 56.0 Å². The summed E-state index contributed by atoms with van der Waals surface area (Å²) in [4.78, 5) is 66.8. The molecule has 4 atom stereocenters. The van der Waals surface area contributed by atoms with Crippen molar-refractivity contribution in [1.29, 1.82) is 0 Å². The minimum atomic E-state index is -1.18. The largest absolute Gasteiger partial charge is 0.507 e. The number of amides is 2. The van der Waals surface area contributed by atoms with Crippen molar-refractivity contribution in [2.45, 2.75) is 25.7 Å². The highest BCUT2D eigenvalue weighted by Crippen LogP contribution is 2.56. The van der Waals surface area contributed by atoms with E-state index in [2.05, 4.69) is 0 Å². The van der Waals surface area contributed by atoms with Crippen LogP contribution in [-0.2, 0) is 19.2 Å². The quantitative estimate of drug-likeness (QED) is 0.341. The topological polar surface area (TPSA) is 138 Å². The van der Waals surface area contributed by atoms with Crippen LogP contribution in [0.3, 0.4) is 0 Å². The Labute approximate surface area is 229 Å². The number of fused-ring (bicyclic) bond motifs is 3. The van der Waals surface area contributed by atoms with E-state index in [-0.39, 0.29) is 47.0 Å². The van der Waals surface area contributed by atoms with Crippen molar-refractivity contribution in [3.63, 3.8) is 0 Å². The summed E-state index contributed by atoms with van der Waals surface area (Å²) in [6, 6.07) is 10.4. The Bertz CT molecular complexity index is 1640. The molecule has 2 aromatic rings. The van der Waals surface area contributed by atoms with Crippen molar-refractivity contribution in [1.82, 2.24) is 0 Å². The molecule has 0 radical (unpaired) electrons. The van der Waals surface area contributed by atoms with Gasteiger partial charge in [0.25, 0.3) is 0 Å². The van der Waals surface area contributed by atoms with E-state index in [4.69, 9.17) is 4.74 Å². The number of carbonyl (C=O) groups excluding carboxylic acids is 4. The fourth-order valence-corrected chi connectivity index (χ4v) is 6.66. The van der Waals surface area contributed by atoms with Crippen LogP contribution in [0.1, 0.15) is 41.6 Å². The highest BCUT2D eigenvalue weighted by Gasteiger charge is 2.56. The van der Waals surface area contributed by atoms with Gasteiger partial charge in [-0.1, -0.05) is 23.8 Å². The van der Waals surface area contributed by atoms with Crippen LogP contribution in [0.15, 0.2) is 76.9 Å². The van der Waals surface area contributed by atoms with Crippen LogP contribution in [0.5, 0.6) is 11.5 Å². The average Bonchev–Trinajstić information content (AvgIpc) is 3.20. The number of phenols is 1. The maximum absolute atomic E-state index is 13.9. The van der Waals surface area contributed by atoms with Gasteiger partial charge in [-0.3, -0.25) is 24.1 Å². The number of anilines is 1. The van der Waals surface area contributed by atoms with E-state index in [9.17, 15) is 34.2 Å². The van der Waals surface area contributed by atoms with Crippen molar-refractivity contribution in [2.75, 3.05) is 12.0 Å². The molecule has 1 fully saturated rings. The summed E-state index contributed by atoms with van der Waals surface area (Å²) in [6.07, 6.45) is 3.49. The lowest BCUT2D eigenvalue weighted by Crippen LogP contribution is -2.39. The number of allylic oxidation sites excluding steroid dienone is 6. The summed E-state index contributed by atoms with van der Waals surface area (Å²) >= 11 is 0. The number of carboxylic acids is 1. The number of hydrogen-bond donors (Lipinski definition) is 2. The first-order chi connectivity index (χ1) is 19.1. The van der Waals surface area contributed by atoms with Gasteiger partial charge in [0.15, 0.2) is 11.6 Å². The summed E-state index contributed by atoms with van der Waals surface area (Å²) in [7, 11) is 1.47. The number of imide groups is 1. The van der Waals surface area contributed by atoms with E-state index in [1.54, 1.807) is 19.1 Å². The van der Waals surface area contributed by atoms with Gasteiger partial charge in [0.1, 0.15) is 11.5 Å². The average molecular weight is 540 g/mol. The fraction of sp³-hybridized carbons (Fsp3) is 0.258. The predicted octanol–water partition coefficient (Wildman–Crippen LogP) is 3.73. The van der Waals surface area contributed by atoms with Gasteiger partial charge < -0.3 is 14.9 Å². The zero-order valence-electron chi connectivity index (χ0n) is 21.7. The molecule has 6 rings (SSSR count). The Morgan fingerprint density at radius 2 is 1.80 bits per heavy atom. The van der Waals surface area contributed by atoms with Crippen molar-refractivity contribution < 1.29 is 38.9 Å². The molecular formula is C31H25NO8. The highest BCUT2D eigenvalue weighted by atomic mass is 16.5. The van der Waals surface area contributed by atoms with Gasteiger partial charge in [-0.15, -0.1) is 0 Å². The molecule has 0 bridgehead atoms. The van der Waals surface area contributed by atoms with Gasteiger partial charge in [0, 0.05) is 34.3 Å². The van der Waals surface area contributed by atoms with E-state index >= 15 is 0 Å². The Morgan fingerprint density at radius 3 is 2.50 bits per heavy atom. The van der Waals surface area contributed by atoms with Gasteiger partial charge in [-0.25, -0.2) is 4.79 Å². The smallest absolute Gasteiger partial charge is 0.335 e. The van der Waals surface area contributed by atoms with Crippen LogP contribution in [0, 0.1) is 17.8 Å². The summed E-state index contributed by atoms with van der Waals surface area (Å²) in [5.74, 6) is -5.28. The third-order valence-corrected chi connectivity index (χ3v) is 8.46. The third kappa shape index (κ3) is 3.65. The maximum atomic E-state index is 13.9. The number of phenolic OH excluding ortho intramolecular Hbond substituents is 1. The van der Waals surface area contributed by atoms with Gasteiger partial charge in [-0.2, -0.15) is 0 Å². The summed E-state index contributed by atoms with van der Waals surface area (Å²) in [6.45, 7) is 1.57. The molecule has 2 amide bonds. The second-order valence-electron chi connectivity index (χ2n) is 10.5. The van der Waals surface area contributed by atoms with Gasteiger partial charge in [0.05, 0.1) is 30.2 Å². The standard InChI is InChI=1S/C31H25NO8/c1-14-10-24(34)27-22(28(14)35)13-21-18(25(27)19-7-6-17(40-2)12-23(19)33)8-9-20-26(21)30(37)32(29(20)36)16-5-3-4-15(11-16)31(38)39/h3-8,10-12,20-21,25-26,33H,9,13H2,1-2H3,(H,38,39)/t20-,21+,25+,26-/m0/s1. The number of nitrogens with zero attached hydrogens (tertiary/aromatic N) is 1. The number of ketones is 2.